The molecule has 0 spiro atoms. The van der Waals surface area contributed by atoms with E-state index in [0.717, 1.165) is 16.7 Å². The number of carbonyl (C=O) groups is 2. The molecule has 0 radical (unpaired) electrons. The maximum absolute atomic E-state index is 13.0. The summed E-state index contributed by atoms with van der Waals surface area (Å²) >= 11 is 12.3. The summed E-state index contributed by atoms with van der Waals surface area (Å²) in [7, 11) is 0. The van der Waals surface area contributed by atoms with Crippen LogP contribution in [0.3, 0.4) is 0 Å². The molecule has 162 valence electrons. The summed E-state index contributed by atoms with van der Waals surface area (Å²) in [5.74, 6) is 0.0370. The van der Waals surface area contributed by atoms with Gasteiger partial charge in [0, 0.05) is 22.6 Å². The summed E-state index contributed by atoms with van der Waals surface area (Å²) in [6.07, 6.45) is 0. The number of hydrogen-bond acceptors (Lipinski definition) is 3. The molecule has 5 nitrogen and oxygen atoms in total. The van der Waals surface area contributed by atoms with E-state index in [0.29, 0.717) is 15.8 Å². The lowest BCUT2D eigenvalue weighted by Crippen LogP contribution is -2.50. The van der Waals surface area contributed by atoms with Gasteiger partial charge in [-0.05, 0) is 75.6 Å². The van der Waals surface area contributed by atoms with Crippen molar-refractivity contribution in [3.63, 3.8) is 0 Å². The minimum atomic E-state index is -0.670. The highest BCUT2D eigenvalue weighted by Crippen LogP contribution is 2.26. The number of rotatable bonds is 8. The Labute approximate surface area is 188 Å². The standard InChI is InChI=1S/C23H28Cl2N2O3/c1-14(2)26-23(29)17(5)27(12-18-7-6-8-19(24)11-18)21(28)13-30-20-9-15(3)22(25)16(4)10-20/h6-11,14,17H,12-13H2,1-5H3,(H,26,29)/t17-/m0/s1. The Morgan fingerprint density at radius 2 is 1.70 bits per heavy atom. The highest BCUT2D eigenvalue weighted by Gasteiger charge is 2.27. The molecule has 0 bridgehead atoms. The quantitative estimate of drug-likeness (QED) is 0.619. The zero-order valence-electron chi connectivity index (χ0n) is 18.0. The molecule has 7 heteroatoms. The number of nitrogens with one attached hydrogen (secondary N) is 1. The third-order valence-corrected chi connectivity index (χ3v) is 5.44. The van der Waals surface area contributed by atoms with Crippen molar-refractivity contribution in [1.29, 1.82) is 0 Å². The fraction of sp³-hybridized carbons (Fsp3) is 0.391. The molecule has 0 aliphatic heterocycles. The lowest BCUT2D eigenvalue weighted by atomic mass is 10.1. The molecule has 1 N–H and O–H groups in total. The Morgan fingerprint density at radius 1 is 1.07 bits per heavy atom. The minimum Gasteiger partial charge on any atom is -0.484 e. The number of halogens is 2. The van der Waals surface area contributed by atoms with Gasteiger partial charge in [0.15, 0.2) is 6.61 Å². The Hall–Kier alpha value is -2.24. The first-order chi connectivity index (χ1) is 14.1. The number of benzene rings is 2. The third kappa shape index (κ3) is 6.64. The largest absolute Gasteiger partial charge is 0.484 e. The lowest BCUT2D eigenvalue weighted by Gasteiger charge is -2.29. The first-order valence-corrected chi connectivity index (χ1v) is 10.6. The van der Waals surface area contributed by atoms with Crippen molar-refractivity contribution in [2.45, 2.75) is 53.2 Å². The van der Waals surface area contributed by atoms with Crippen molar-refractivity contribution < 1.29 is 14.3 Å². The second-order valence-corrected chi connectivity index (χ2v) is 8.46. The van der Waals surface area contributed by atoms with Gasteiger partial charge in [-0.2, -0.15) is 0 Å². The van der Waals surface area contributed by atoms with Gasteiger partial charge >= 0.3 is 0 Å². The molecular formula is C23H28Cl2N2O3. The summed E-state index contributed by atoms with van der Waals surface area (Å²) in [5.41, 5.74) is 2.58. The van der Waals surface area contributed by atoms with Crippen molar-refractivity contribution in [2.75, 3.05) is 6.61 Å². The number of hydrogen-bond donors (Lipinski definition) is 1. The van der Waals surface area contributed by atoms with Crippen LogP contribution in [0, 0.1) is 13.8 Å². The first kappa shape index (κ1) is 24.0. The Morgan fingerprint density at radius 3 is 2.27 bits per heavy atom. The van der Waals surface area contributed by atoms with E-state index in [1.165, 1.54) is 4.90 Å². The van der Waals surface area contributed by atoms with E-state index in [-0.39, 0.29) is 31.0 Å². The van der Waals surface area contributed by atoms with E-state index in [2.05, 4.69) is 5.32 Å². The monoisotopic (exact) mass is 450 g/mol. The molecule has 0 unspecified atom stereocenters. The Balaban J connectivity index is 2.19. The number of ether oxygens (including phenoxy) is 1. The first-order valence-electron chi connectivity index (χ1n) is 9.82. The predicted molar refractivity (Wildman–Crippen MR) is 121 cm³/mol. The van der Waals surface area contributed by atoms with Crippen LogP contribution in [0.2, 0.25) is 10.0 Å². The van der Waals surface area contributed by atoms with Crippen LogP contribution in [0.4, 0.5) is 0 Å². The van der Waals surface area contributed by atoms with E-state index in [4.69, 9.17) is 27.9 Å². The van der Waals surface area contributed by atoms with E-state index in [9.17, 15) is 9.59 Å². The second kappa shape index (κ2) is 10.7. The van der Waals surface area contributed by atoms with Crippen LogP contribution in [-0.2, 0) is 16.1 Å². The van der Waals surface area contributed by atoms with Gasteiger partial charge in [0.2, 0.25) is 5.91 Å². The van der Waals surface area contributed by atoms with Gasteiger partial charge in [-0.3, -0.25) is 9.59 Å². The molecule has 0 aliphatic carbocycles. The minimum absolute atomic E-state index is 0.0284. The molecule has 0 aliphatic rings. The van der Waals surface area contributed by atoms with Gasteiger partial charge in [0.25, 0.3) is 5.91 Å². The number of aryl methyl sites for hydroxylation is 2. The van der Waals surface area contributed by atoms with Crippen LogP contribution in [0.5, 0.6) is 5.75 Å². The Bertz CT molecular complexity index is 892. The summed E-state index contributed by atoms with van der Waals surface area (Å²) in [6.45, 7) is 9.27. The van der Waals surface area contributed by atoms with Crippen LogP contribution in [0.1, 0.15) is 37.5 Å². The van der Waals surface area contributed by atoms with Gasteiger partial charge in [-0.15, -0.1) is 0 Å². The van der Waals surface area contributed by atoms with Gasteiger partial charge in [0.05, 0.1) is 0 Å². The zero-order valence-corrected chi connectivity index (χ0v) is 19.5. The molecule has 1 atom stereocenters. The average Bonchev–Trinajstić information content (AvgIpc) is 2.67. The average molecular weight is 451 g/mol. The molecule has 2 aromatic rings. The van der Waals surface area contributed by atoms with Crippen molar-refractivity contribution in [2.24, 2.45) is 0 Å². The normalized spacial score (nSPS) is 11.9. The van der Waals surface area contributed by atoms with Crippen LogP contribution < -0.4 is 10.1 Å². The van der Waals surface area contributed by atoms with E-state index in [1.54, 1.807) is 31.2 Å². The molecule has 30 heavy (non-hydrogen) atoms. The highest BCUT2D eigenvalue weighted by molar-refractivity contribution is 6.32. The van der Waals surface area contributed by atoms with Gasteiger partial charge < -0.3 is 15.0 Å². The second-order valence-electron chi connectivity index (χ2n) is 7.65. The summed E-state index contributed by atoms with van der Waals surface area (Å²) < 4.78 is 5.73. The van der Waals surface area contributed by atoms with Gasteiger partial charge in [-0.25, -0.2) is 0 Å². The van der Waals surface area contributed by atoms with Crippen LogP contribution in [-0.4, -0.2) is 35.4 Å². The summed E-state index contributed by atoms with van der Waals surface area (Å²) in [5, 5.41) is 4.10. The fourth-order valence-corrected chi connectivity index (χ4v) is 3.36. The van der Waals surface area contributed by atoms with E-state index in [1.807, 2.05) is 39.8 Å². The number of nitrogens with zero attached hydrogens (tertiary/aromatic N) is 1. The fourth-order valence-electron chi connectivity index (χ4n) is 3.04. The maximum Gasteiger partial charge on any atom is 0.261 e. The van der Waals surface area contributed by atoms with Crippen LogP contribution in [0.25, 0.3) is 0 Å². The summed E-state index contributed by atoms with van der Waals surface area (Å²) in [4.78, 5) is 27.1. The topological polar surface area (TPSA) is 58.6 Å². The predicted octanol–water partition coefficient (Wildman–Crippen LogP) is 4.93. The molecule has 2 amide bonds. The molecule has 0 heterocycles. The van der Waals surface area contributed by atoms with Gasteiger partial charge in [-0.1, -0.05) is 35.3 Å². The van der Waals surface area contributed by atoms with Crippen LogP contribution in [0.15, 0.2) is 36.4 Å². The smallest absolute Gasteiger partial charge is 0.261 e. The highest BCUT2D eigenvalue weighted by atomic mass is 35.5. The third-order valence-electron chi connectivity index (χ3n) is 4.61. The van der Waals surface area contributed by atoms with Crippen molar-refractivity contribution in [1.82, 2.24) is 10.2 Å². The molecule has 0 fully saturated rings. The van der Waals surface area contributed by atoms with Gasteiger partial charge in [0.1, 0.15) is 11.8 Å². The van der Waals surface area contributed by atoms with E-state index >= 15 is 0 Å². The van der Waals surface area contributed by atoms with Crippen molar-refractivity contribution in [3.8, 4) is 5.75 Å². The summed E-state index contributed by atoms with van der Waals surface area (Å²) in [6, 6.07) is 10.1. The molecule has 2 rings (SSSR count). The van der Waals surface area contributed by atoms with Crippen molar-refractivity contribution >= 4 is 35.0 Å². The lowest BCUT2D eigenvalue weighted by molar-refractivity contribution is -0.142. The molecule has 2 aromatic carbocycles. The van der Waals surface area contributed by atoms with E-state index < -0.39 is 6.04 Å². The number of amides is 2. The number of carbonyl (C=O) groups excluding carboxylic acids is 2. The molecular weight excluding hydrogens is 423 g/mol. The zero-order chi connectivity index (χ0) is 22.4. The Kier molecular flexibility index (Phi) is 8.56. The SMILES string of the molecule is Cc1cc(OCC(=O)N(Cc2cccc(Cl)c2)[C@@H](C)C(=O)NC(C)C)cc(C)c1Cl. The maximum atomic E-state index is 13.0. The van der Waals surface area contributed by atoms with Crippen LogP contribution >= 0.6 is 23.2 Å². The molecule has 0 saturated heterocycles. The van der Waals surface area contributed by atoms with Crippen molar-refractivity contribution in [3.05, 3.63) is 63.1 Å². The molecule has 0 saturated carbocycles. The molecule has 0 aromatic heterocycles.